The molecule has 2 atom stereocenters. The quantitative estimate of drug-likeness (QED) is 0.514. The van der Waals surface area contributed by atoms with Gasteiger partial charge < -0.3 is 15.4 Å². The standard InChI is InChI=1S/C18H35N3O.BrH/c1-15-6-7-16(12-15)13-21-17(19-2)20-11-10-18(14-22-3)8-4-5-9-18;/h15-16H,4-14H2,1-3H3,(H2,19,20,21);1H. The molecular weight excluding hydrogens is 354 g/mol. The van der Waals surface area contributed by atoms with Crippen molar-refractivity contribution in [3.8, 4) is 0 Å². The fraction of sp³-hybridized carbons (Fsp3) is 0.944. The maximum atomic E-state index is 5.46. The van der Waals surface area contributed by atoms with Gasteiger partial charge in [-0.05, 0) is 49.4 Å². The number of hydrogen-bond acceptors (Lipinski definition) is 2. The van der Waals surface area contributed by atoms with Gasteiger partial charge in [0.2, 0.25) is 0 Å². The van der Waals surface area contributed by atoms with Crippen molar-refractivity contribution in [3.63, 3.8) is 0 Å². The lowest BCUT2D eigenvalue weighted by Crippen LogP contribution is -2.41. The molecule has 0 aromatic carbocycles. The molecule has 23 heavy (non-hydrogen) atoms. The Kier molecular flexibility index (Phi) is 9.52. The summed E-state index contributed by atoms with van der Waals surface area (Å²) in [6.45, 7) is 5.32. The molecule has 2 aliphatic rings. The predicted molar refractivity (Wildman–Crippen MR) is 104 cm³/mol. The fourth-order valence-electron chi connectivity index (χ4n) is 4.32. The van der Waals surface area contributed by atoms with Crippen LogP contribution in [-0.4, -0.2) is 39.8 Å². The van der Waals surface area contributed by atoms with Gasteiger partial charge in [0.25, 0.3) is 0 Å². The smallest absolute Gasteiger partial charge is 0.190 e. The zero-order chi connectivity index (χ0) is 15.8. The molecule has 2 aliphatic carbocycles. The molecule has 2 saturated carbocycles. The van der Waals surface area contributed by atoms with E-state index in [0.717, 1.165) is 37.5 Å². The van der Waals surface area contributed by atoms with Crippen LogP contribution in [-0.2, 0) is 4.74 Å². The Labute approximate surface area is 153 Å². The highest BCUT2D eigenvalue weighted by Crippen LogP contribution is 2.40. The summed E-state index contributed by atoms with van der Waals surface area (Å²) in [5.74, 6) is 2.69. The van der Waals surface area contributed by atoms with Crippen LogP contribution < -0.4 is 10.6 Å². The van der Waals surface area contributed by atoms with Gasteiger partial charge >= 0.3 is 0 Å². The second-order valence-electron chi connectivity index (χ2n) is 7.55. The van der Waals surface area contributed by atoms with Crippen LogP contribution in [0.25, 0.3) is 0 Å². The minimum atomic E-state index is 0. The average Bonchev–Trinajstić information content (AvgIpc) is 3.13. The minimum Gasteiger partial charge on any atom is -0.384 e. The third-order valence-corrected chi connectivity index (χ3v) is 5.65. The van der Waals surface area contributed by atoms with Gasteiger partial charge in [-0.3, -0.25) is 4.99 Å². The molecule has 0 aliphatic heterocycles. The van der Waals surface area contributed by atoms with Crippen LogP contribution in [0, 0.1) is 17.3 Å². The number of aliphatic imine (C=N–C) groups is 1. The van der Waals surface area contributed by atoms with Crippen molar-refractivity contribution in [1.29, 1.82) is 0 Å². The van der Waals surface area contributed by atoms with Crippen LogP contribution in [0.2, 0.25) is 0 Å². The molecule has 2 N–H and O–H groups in total. The van der Waals surface area contributed by atoms with E-state index in [1.807, 2.05) is 14.2 Å². The van der Waals surface area contributed by atoms with E-state index >= 15 is 0 Å². The van der Waals surface area contributed by atoms with Crippen LogP contribution in [0.4, 0.5) is 0 Å². The van der Waals surface area contributed by atoms with Crippen molar-refractivity contribution in [3.05, 3.63) is 0 Å². The van der Waals surface area contributed by atoms with Crippen LogP contribution in [0.3, 0.4) is 0 Å². The summed E-state index contributed by atoms with van der Waals surface area (Å²) in [7, 11) is 3.70. The van der Waals surface area contributed by atoms with Crippen LogP contribution in [0.15, 0.2) is 4.99 Å². The first-order valence-corrected chi connectivity index (χ1v) is 9.11. The normalized spacial score (nSPS) is 26.8. The molecular formula is C18H36BrN3O. The summed E-state index contributed by atoms with van der Waals surface area (Å²) in [5.41, 5.74) is 0.404. The van der Waals surface area contributed by atoms with Crippen molar-refractivity contribution >= 4 is 22.9 Å². The number of halogens is 1. The largest absolute Gasteiger partial charge is 0.384 e. The molecule has 0 radical (unpaired) electrons. The van der Waals surface area contributed by atoms with Crippen molar-refractivity contribution in [2.75, 3.05) is 33.9 Å². The third-order valence-electron chi connectivity index (χ3n) is 5.65. The molecule has 2 rings (SSSR count). The van der Waals surface area contributed by atoms with E-state index in [4.69, 9.17) is 4.74 Å². The molecule has 2 fully saturated rings. The minimum absolute atomic E-state index is 0. The second kappa shape index (κ2) is 10.5. The molecule has 0 amide bonds. The Hall–Kier alpha value is -0.290. The number of rotatable bonds is 7. The zero-order valence-corrected chi connectivity index (χ0v) is 16.9. The Morgan fingerprint density at radius 2 is 1.96 bits per heavy atom. The van der Waals surface area contributed by atoms with Gasteiger partial charge in [0, 0.05) is 27.2 Å². The van der Waals surface area contributed by atoms with Gasteiger partial charge in [0.05, 0.1) is 6.61 Å². The highest BCUT2D eigenvalue weighted by atomic mass is 79.9. The van der Waals surface area contributed by atoms with Gasteiger partial charge in [-0.1, -0.05) is 26.2 Å². The van der Waals surface area contributed by atoms with Crippen molar-refractivity contribution in [2.24, 2.45) is 22.2 Å². The summed E-state index contributed by atoms with van der Waals surface area (Å²) >= 11 is 0. The summed E-state index contributed by atoms with van der Waals surface area (Å²) in [4.78, 5) is 4.36. The number of nitrogens with zero attached hydrogens (tertiary/aromatic N) is 1. The number of guanidine groups is 1. The Morgan fingerprint density at radius 1 is 1.22 bits per heavy atom. The van der Waals surface area contributed by atoms with Gasteiger partial charge in [-0.2, -0.15) is 0 Å². The molecule has 0 aromatic rings. The Morgan fingerprint density at radius 3 is 2.52 bits per heavy atom. The number of ether oxygens (including phenoxy) is 1. The van der Waals surface area contributed by atoms with E-state index < -0.39 is 0 Å². The van der Waals surface area contributed by atoms with E-state index in [0.29, 0.717) is 5.41 Å². The third kappa shape index (κ3) is 6.61. The second-order valence-corrected chi connectivity index (χ2v) is 7.55. The van der Waals surface area contributed by atoms with Crippen molar-refractivity contribution < 1.29 is 4.74 Å². The summed E-state index contributed by atoms with van der Waals surface area (Å²) < 4.78 is 5.46. The zero-order valence-electron chi connectivity index (χ0n) is 15.2. The number of nitrogens with one attached hydrogen (secondary N) is 2. The lowest BCUT2D eigenvalue weighted by Gasteiger charge is -2.28. The van der Waals surface area contributed by atoms with E-state index in [-0.39, 0.29) is 17.0 Å². The molecule has 0 spiro atoms. The number of methoxy groups -OCH3 is 1. The van der Waals surface area contributed by atoms with Crippen molar-refractivity contribution in [2.45, 2.75) is 58.3 Å². The maximum Gasteiger partial charge on any atom is 0.190 e. The fourth-order valence-corrected chi connectivity index (χ4v) is 4.32. The van der Waals surface area contributed by atoms with Crippen LogP contribution >= 0.6 is 17.0 Å². The van der Waals surface area contributed by atoms with E-state index in [2.05, 4.69) is 22.5 Å². The van der Waals surface area contributed by atoms with Crippen LogP contribution in [0.5, 0.6) is 0 Å². The molecule has 4 nitrogen and oxygen atoms in total. The van der Waals surface area contributed by atoms with Gasteiger partial charge in [0.1, 0.15) is 0 Å². The molecule has 0 aromatic heterocycles. The van der Waals surface area contributed by atoms with E-state index in [1.54, 1.807) is 0 Å². The molecule has 0 saturated heterocycles. The molecule has 0 bridgehead atoms. The van der Waals surface area contributed by atoms with E-state index in [1.165, 1.54) is 51.4 Å². The lowest BCUT2D eigenvalue weighted by molar-refractivity contribution is 0.0776. The first-order valence-electron chi connectivity index (χ1n) is 9.11. The molecule has 2 unspecified atom stereocenters. The van der Waals surface area contributed by atoms with Crippen molar-refractivity contribution in [1.82, 2.24) is 10.6 Å². The van der Waals surface area contributed by atoms with E-state index in [9.17, 15) is 0 Å². The number of hydrogen-bond donors (Lipinski definition) is 2. The Balaban J connectivity index is 0.00000264. The molecule has 0 heterocycles. The highest BCUT2D eigenvalue weighted by Gasteiger charge is 2.33. The highest BCUT2D eigenvalue weighted by molar-refractivity contribution is 8.93. The van der Waals surface area contributed by atoms with Crippen LogP contribution in [0.1, 0.15) is 58.3 Å². The first kappa shape index (κ1) is 20.8. The SMILES string of the molecule is Br.CN=C(NCCC1(COC)CCCC1)NCC1CCC(C)C1. The summed E-state index contributed by atoms with van der Waals surface area (Å²) in [5, 5.41) is 7.01. The lowest BCUT2D eigenvalue weighted by atomic mass is 9.83. The summed E-state index contributed by atoms with van der Waals surface area (Å²) in [6, 6.07) is 0. The Bertz CT molecular complexity index is 356. The average molecular weight is 390 g/mol. The van der Waals surface area contributed by atoms with Gasteiger partial charge in [-0.25, -0.2) is 0 Å². The predicted octanol–water partition coefficient (Wildman–Crippen LogP) is 3.76. The van der Waals surface area contributed by atoms with Gasteiger partial charge in [-0.15, -0.1) is 17.0 Å². The molecule has 136 valence electrons. The first-order chi connectivity index (χ1) is 10.7. The maximum absolute atomic E-state index is 5.46. The summed E-state index contributed by atoms with van der Waals surface area (Å²) in [6.07, 6.45) is 10.6. The monoisotopic (exact) mass is 389 g/mol. The molecule has 5 heteroatoms. The van der Waals surface area contributed by atoms with Gasteiger partial charge in [0.15, 0.2) is 5.96 Å². The topological polar surface area (TPSA) is 45.7 Å².